The molecule has 102 valence electrons. The van der Waals surface area contributed by atoms with E-state index in [-0.39, 0.29) is 0 Å². The van der Waals surface area contributed by atoms with Gasteiger partial charge in [0.1, 0.15) is 11.8 Å². The zero-order chi connectivity index (χ0) is 14.2. The summed E-state index contributed by atoms with van der Waals surface area (Å²) in [6, 6.07) is 17.2. The minimum Gasteiger partial charge on any atom is -0.492 e. The van der Waals surface area contributed by atoms with Gasteiger partial charge in [-0.15, -0.1) is 11.8 Å². The first-order valence-corrected chi connectivity index (χ1v) is 7.67. The number of para-hydroxylation sites is 1. The van der Waals surface area contributed by atoms with Crippen molar-refractivity contribution in [2.24, 2.45) is 0 Å². The van der Waals surface area contributed by atoms with E-state index in [0.29, 0.717) is 17.9 Å². The van der Waals surface area contributed by atoms with Crippen LogP contribution >= 0.6 is 23.4 Å². The van der Waals surface area contributed by atoms with Crippen molar-refractivity contribution in [3.63, 3.8) is 0 Å². The molecule has 0 aliphatic carbocycles. The molecule has 0 amide bonds. The first kappa shape index (κ1) is 14.8. The van der Waals surface area contributed by atoms with Crippen molar-refractivity contribution in [2.45, 2.75) is 11.3 Å². The maximum atomic E-state index is 8.95. The van der Waals surface area contributed by atoms with Crippen molar-refractivity contribution in [1.29, 1.82) is 5.26 Å². The van der Waals surface area contributed by atoms with E-state index >= 15 is 0 Å². The largest absolute Gasteiger partial charge is 0.492 e. The molecule has 0 heterocycles. The molecule has 0 spiro atoms. The number of ether oxygens (including phenoxy) is 1. The molecule has 0 aliphatic rings. The molecular formula is C16H14ClNOS. The van der Waals surface area contributed by atoms with Gasteiger partial charge in [0.15, 0.2) is 0 Å². The zero-order valence-electron chi connectivity index (χ0n) is 10.9. The third-order valence-electron chi connectivity index (χ3n) is 2.65. The van der Waals surface area contributed by atoms with Crippen LogP contribution in [0.4, 0.5) is 0 Å². The van der Waals surface area contributed by atoms with E-state index in [1.165, 1.54) is 0 Å². The van der Waals surface area contributed by atoms with E-state index in [1.54, 1.807) is 17.8 Å². The number of nitrogens with zero attached hydrogens (tertiary/aromatic N) is 1. The molecule has 0 fully saturated rings. The van der Waals surface area contributed by atoms with Crippen molar-refractivity contribution in [1.82, 2.24) is 0 Å². The SMILES string of the molecule is N#Cc1ccccc1OCCCSc1ccccc1Cl. The molecule has 0 saturated carbocycles. The van der Waals surface area contributed by atoms with Crippen LogP contribution < -0.4 is 4.74 Å². The quantitative estimate of drug-likeness (QED) is 0.569. The molecule has 0 unspecified atom stereocenters. The van der Waals surface area contributed by atoms with Gasteiger partial charge in [-0.25, -0.2) is 0 Å². The van der Waals surface area contributed by atoms with Crippen molar-refractivity contribution < 1.29 is 4.74 Å². The third kappa shape index (κ3) is 4.19. The Bertz CT molecular complexity index is 609. The highest BCUT2D eigenvalue weighted by Gasteiger charge is 2.02. The summed E-state index contributed by atoms with van der Waals surface area (Å²) in [4.78, 5) is 1.09. The monoisotopic (exact) mass is 303 g/mol. The topological polar surface area (TPSA) is 33.0 Å². The van der Waals surface area contributed by atoms with Gasteiger partial charge in [-0.3, -0.25) is 0 Å². The second-order valence-electron chi connectivity index (χ2n) is 4.09. The highest BCUT2D eigenvalue weighted by atomic mass is 35.5. The van der Waals surface area contributed by atoms with Crippen molar-refractivity contribution in [2.75, 3.05) is 12.4 Å². The number of benzene rings is 2. The molecule has 0 radical (unpaired) electrons. The Morgan fingerprint density at radius 2 is 1.85 bits per heavy atom. The number of hydrogen-bond acceptors (Lipinski definition) is 3. The smallest absolute Gasteiger partial charge is 0.137 e. The summed E-state index contributed by atoms with van der Waals surface area (Å²) in [7, 11) is 0. The molecular weight excluding hydrogens is 290 g/mol. The first-order valence-electron chi connectivity index (χ1n) is 6.30. The van der Waals surface area contributed by atoms with Gasteiger partial charge in [-0.1, -0.05) is 35.9 Å². The molecule has 0 aliphatic heterocycles. The average molecular weight is 304 g/mol. The van der Waals surface area contributed by atoms with E-state index in [2.05, 4.69) is 6.07 Å². The lowest BCUT2D eigenvalue weighted by Crippen LogP contribution is -2.00. The van der Waals surface area contributed by atoms with Crippen LogP contribution in [0.25, 0.3) is 0 Å². The lowest BCUT2D eigenvalue weighted by Gasteiger charge is -2.07. The fourth-order valence-corrected chi connectivity index (χ4v) is 2.83. The molecule has 2 aromatic rings. The Hall–Kier alpha value is -1.63. The van der Waals surface area contributed by atoms with E-state index in [9.17, 15) is 0 Å². The summed E-state index contributed by atoms with van der Waals surface area (Å²) in [5.41, 5.74) is 0.575. The standard InChI is InChI=1S/C16H14ClNOS/c17-14-7-2-4-9-16(14)20-11-5-10-19-15-8-3-1-6-13(15)12-18/h1-4,6-9H,5,10-11H2. The summed E-state index contributed by atoms with van der Waals surface area (Å²) in [6.07, 6.45) is 0.898. The molecule has 2 rings (SSSR count). The lowest BCUT2D eigenvalue weighted by atomic mass is 10.2. The molecule has 0 saturated heterocycles. The maximum Gasteiger partial charge on any atom is 0.137 e. The Morgan fingerprint density at radius 3 is 2.65 bits per heavy atom. The van der Waals surface area contributed by atoms with Gasteiger partial charge >= 0.3 is 0 Å². The molecule has 2 aromatic carbocycles. The van der Waals surface area contributed by atoms with Crippen LogP contribution in [0.1, 0.15) is 12.0 Å². The van der Waals surface area contributed by atoms with Gasteiger partial charge in [-0.2, -0.15) is 5.26 Å². The van der Waals surface area contributed by atoms with E-state index < -0.39 is 0 Å². The van der Waals surface area contributed by atoms with Crippen molar-refractivity contribution in [3.05, 3.63) is 59.1 Å². The minimum atomic E-state index is 0.575. The van der Waals surface area contributed by atoms with Crippen LogP contribution in [0, 0.1) is 11.3 Å². The summed E-state index contributed by atoms with van der Waals surface area (Å²) in [5, 5.41) is 9.74. The Morgan fingerprint density at radius 1 is 1.10 bits per heavy atom. The Kier molecular flexibility index (Phi) is 5.79. The normalized spacial score (nSPS) is 10.0. The molecule has 0 bridgehead atoms. The minimum absolute atomic E-state index is 0.575. The predicted octanol–water partition coefficient (Wildman–Crippen LogP) is 4.77. The molecule has 2 nitrogen and oxygen atoms in total. The summed E-state index contributed by atoms with van der Waals surface area (Å²) in [5.74, 6) is 1.58. The van der Waals surface area contributed by atoms with Gasteiger partial charge in [0.2, 0.25) is 0 Å². The number of thioether (sulfide) groups is 1. The second-order valence-corrected chi connectivity index (χ2v) is 5.63. The fourth-order valence-electron chi connectivity index (χ4n) is 1.67. The van der Waals surface area contributed by atoms with Gasteiger partial charge in [0, 0.05) is 10.6 Å². The van der Waals surface area contributed by atoms with Gasteiger partial charge in [0.25, 0.3) is 0 Å². The number of rotatable bonds is 6. The van der Waals surface area contributed by atoms with Gasteiger partial charge in [-0.05, 0) is 30.7 Å². The second kappa shape index (κ2) is 7.84. The van der Waals surface area contributed by atoms with Gasteiger partial charge in [0.05, 0.1) is 17.2 Å². The highest BCUT2D eigenvalue weighted by Crippen LogP contribution is 2.27. The van der Waals surface area contributed by atoms with Crippen LogP contribution in [0.2, 0.25) is 5.02 Å². The number of hydrogen-bond donors (Lipinski definition) is 0. The maximum absolute atomic E-state index is 8.95. The highest BCUT2D eigenvalue weighted by molar-refractivity contribution is 7.99. The number of nitriles is 1. The third-order valence-corrected chi connectivity index (χ3v) is 4.25. The fraction of sp³-hybridized carbons (Fsp3) is 0.188. The molecule has 0 atom stereocenters. The molecule has 20 heavy (non-hydrogen) atoms. The van der Waals surface area contributed by atoms with Crippen LogP contribution in [0.3, 0.4) is 0 Å². The first-order chi connectivity index (χ1) is 9.81. The summed E-state index contributed by atoms with van der Waals surface area (Å²) in [6.45, 7) is 0.593. The summed E-state index contributed by atoms with van der Waals surface area (Å²) < 4.78 is 5.63. The van der Waals surface area contributed by atoms with Crippen LogP contribution in [-0.2, 0) is 0 Å². The predicted molar refractivity (Wildman–Crippen MR) is 83.4 cm³/mol. The number of halogens is 1. The van der Waals surface area contributed by atoms with E-state index in [0.717, 1.165) is 22.1 Å². The van der Waals surface area contributed by atoms with Crippen molar-refractivity contribution in [3.8, 4) is 11.8 Å². The molecule has 0 aromatic heterocycles. The van der Waals surface area contributed by atoms with Crippen LogP contribution in [-0.4, -0.2) is 12.4 Å². The van der Waals surface area contributed by atoms with Gasteiger partial charge < -0.3 is 4.74 Å². The Labute approximate surface area is 128 Å². The van der Waals surface area contributed by atoms with Crippen LogP contribution in [0.5, 0.6) is 5.75 Å². The molecule has 4 heteroatoms. The zero-order valence-corrected chi connectivity index (χ0v) is 12.5. The van der Waals surface area contributed by atoms with E-state index in [4.69, 9.17) is 21.6 Å². The average Bonchev–Trinajstić information content (AvgIpc) is 2.49. The Balaban J connectivity index is 1.75. The van der Waals surface area contributed by atoms with Crippen molar-refractivity contribution >= 4 is 23.4 Å². The van der Waals surface area contributed by atoms with E-state index in [1.807, 2.05) is 42.5 Å². The lowest BCUT2D eigenvalue weighted by molar-refractivity contribution is 0.318. The van der Waals surface area contributed by atoms with Crippen LogP contribution in [0.15, 0.2) is 53.4 Å². The molecule has 0 N–H and O–H groups in total. The summed E-state index contributed by atoms with van der Waals surface area (Å²) >= 11 is 7.80.